The molecule has 0 atom stereocenters. The first-order valence-corrected chi connectivity index (χ1v) is 5.60. The van der Waals surface area contributed by atoms with Gasteiger partial charge < -0.3 is 10.2 Å². The predicted octanol–water partition coefficient (Wildman–Crippen LogP) is -0.472. The molecule has 3 heteroatoms. The smallest absolute Gasteiger partial charge is 0.872 e. The summed E-state index contributed by atoms with van der Waals surface area (Å²) in [6.45, 7) is 4.23. The van der Waals surface area contributed by atoms with Crippen LogP contribution in [-0.2, 0) is 5.41 Å². The summed E-state index contributed by atoms with van der Waals surface area (Å²) in [5.41, 5.74) is 2.10. The van der Waals surface area contributed by atoms with Crippen LogP contribution in [0.25, 0.3) is 0 Å². The third-order valence-corrected chi connectivity index (χ3v) is 3.18. The van der Waals surface area contributed by atoms with E-state index in [0.29, 0.717) is 5.75 Å². The van der Waals surface area contributed by atoms with E-state index in [1.54, 1.807) is 24.3 Å². The zero-order valence-corrected chi connectivity index (χ0v) is 13.0. The molecule has 2 N–H and O–H groups in total. The molecule has 0 saturated carbocycles. The zero-order chi connectivity index (χ0) is 12.5. The maximum absolute atomic E-state index is 11.1. The topological polar surface area (TPSA) is 46.0 Å². The predicted molar refractivity (Wildman–Crippen MR) is 67.5 cm³/mol. The molecule has 2 aromatic carbocycles. The minimum absolute atomic E-state index is 0. The van der Waals surface area contributed by atoms with Crippen LogP contribution in [0, 0.1) is 0 Å². The fraction of sp³-hybridized carbons (Fsp3) is 0.200. The molecule has 0 aliphatic carbocycles. The normalized spacial score (nSPS) is 10.8. The van der Waals surface area contributed by atoms with Crippen LogP contribution >= 0.6 is 0 Å². The van der Waals surface area contributed by atoms with Crippen LogP contribution in [0.5, 0.6) is 11.5 Å². The Balaban J connectivity index is 0.00000162. The number of hydrogen-bond donors (Lipinski definition) is 0. The van der Waals surface area contributed by atoms with Crippen molar-refractivity contribution >= 4 is 0 Å². The zero-order valence-electron chi connectivity index (χ0n) is 11.0. The van der Waals surface area contributed by atoms with E-state index in [1.165, 1.54) is 0 Å². The Morgan fingerprint density at radius 1 is 0.833 bits per heavy atom. The van der Waals surface area contributed by atoms with Gasteiger partial charge in [0.15, 0.2) is 0 Å². The molecular weight excluding hydrogens is 235 g/mol. The van der Waals surface area contributed by atoms with E-state index in [0.717, 1.165) is 11.1 Å². The van der Waals surface area contributed by atoms with Crippen molar-refractivity contribution in [3.63, 3.8) is 0 Å². The Labute approximate surface area is 130 Å². The number of rotatable bonds is 2. The average Bonchev–Trinajstić information content (AvgIpc) is 2.30. The molecule has 0 aromatic heterocycles. The monoisotopic (exact) mass is 251 g/mol. The first-order valence-electron chi connectivity index (χ1n) is 5.60. The Hall–Kier alpha value is -0.960. The molecule has 2 nitrogen and oxygen atoms in total. The van der Waals surface area contributed by atoms with Crippen molar-refractivity contribution in [1.29, 1.82) is 0 Å². The molecule has 0 radical (unpaired) electrons. The summed E-state index contributed by atoms with van der Waals surface area (Å²) >= 11 is 0. The summed E-state index contributed by atoms with van der Waals surface area (Å²) in [6.07, 6.45) is 0. The van der Waals surface area contributed by atoms with Gasteiger partial charge >= 0.3 is 29.6 Å². The summed E-state index contributed by atoms with van der Waals surface area (Å²) in [6, 6.07) is 14.4. The summed E-state index contributed by atoms with van der Waals surface area (Å²) in [4.78, 5) is 0. The molecule has 0 unspecified atom stereocenters. The van der Waals surface area contributed by atoms with Gasteiger partial charge in [0, 0.05) is 17.5 Å². The largest absolute Gasteiger partial charge is 1.00 e. The Bertz CT molecular complexity index is 454. The minimum Gasteiger partial charge on any atom is -0.872 e. The number of hydrogen-bond acceptors (Lipinski definition) is 1. The minimum atomic E-state index is -0.151. The van der Waals surface area contributed by atoms with Gasteiger partial charge in [0.2, 0.25) is 0 Å². The molecule has 0 bridgehead atoms. The van der Waals surface area contributed by atoms with Crippen molar-refractivity contribution in [1.82, 2.24) is 0 Å². The van der Waals surface area contributed by atoms with Crippen molar-refractivity contribution < 1.29 is 39.8 Å². The van der Waals surface area contributed by atoms with Gasteiger partial charge in [0.05, 0.1) is 0 Å². The van der Waals surface area contributed by atoms with Crippen LogP contribution in [0.3, 0.4) is 0 Å². The van der Waals surface area contributed by atoms with E-state index in [9.17, 15) is 5.11 Å². The summed E-state index contributed by atoms with van der Waals surface area (Å²) in [5, 5.41) is 18.6. The second-order valence-electron chi connectivity index (χ2n) is 4.73. The van der Waals surface area contributed by atoms with Crippen molar-refractivity contribution in [3.05, 3.63) is 59.7 Å². The molecule has 0 aliphatic rings. The van der Waals surface area contributed by atoms with Gasteiger partial charge in [0.1, 0.15) is 0 Å². The van der Waals surface area contributed by atoms with Crippen LogP contribution in [0.4, 0.5) is 0 Å². The quantitative estimate of drug-likeness (QED) is 0.525. The van der Waals surface area contributed by atoms with Gasteiger partial charge in [-0.15, -0.1) is 5.75 Å². The summed E-state index contributed by atoms with van der Waals surface area (Å²) in [7, 11) is 0. The number of benzene rings is 2. The van der Waals surface area contributed by atoms with E-state index in [4.69, 9.17) is 5.11 Å². The van der Waals surface area contributed by atoms with Gasteiger partial charge in [-0.25, -0.2) is 0 Å². The average molecular weight is 251 g/mol. The molecule has 0 saturated heterocycles. The van der Waals surface area contributed by atoms with E-state index in [2.05, 4.69) is 13.8 Å². The van der Waals surface area contributed by atoms with E-state index >= 15 is 0 Å². The van der Waals surface area contributed by atoms with Crippen LogP contribution in [0.2, 0.25) is 0 Å². The molecule has 2 rings (SSSR count). The van der Waals surface area contributed by atoms with Crippen LogP contribution in [0.1, 0.15) is 25.0 Å². The van der Waals surface area contributed by atoms with Crippen molar-refractivity contribution in [2.24, 2.45) is 0 Å². The molecule has 88 valence electrons. The first-order chi connectivity index (χ1) is 8.00. The van der Waals surface area contributed by atoms with Gasteiger partial charge in [-0.05, 0) is 23.3 Å². The summed E-state index contributed by atoms with van der Waals surface area (Å²) < 4.78 is 0. The maximum atomic E-state index is 11.1. The molecule has 0 spiro atoms. The Kier molecular flexibility index (Phi) is 4.85. The van der Waals surface area contributed by atoms with E-state index in [1.807, 2.05) is 24.3 Å². The molecule has 0 fully saturated rings. The molecule has 0 amide bonds. The van der Waals surface area contributed by atoms with Crippen LogP contribution in [-0.4, -0.2) is 5.11 Å². The summed E-state index contributed by atoms with van der Waals surface area (Å²) in [5.74, 6) is 0.547. The third kappa shape index (κ3) is 3.08. The van der Waals surface area contributed by atoms with Crippen molar-refractivity contribution in [3.8, 4) is 11.5 Å². The fourth-order valence-corrected chi connectivity index (χ4v) is 1.93. The standard InChI is InChI=1S/C15H16O2.Na/c1-15(2,11-3-7-13(16)8-4-11)12-5-9-14(17)10-6-12;/h3-10,16-17H,1-2H3;/q;+1. The second-order valence-corrected chi connectivity index (χ2v) is 4.73. The Morgan fingerprint density at radius 2 is 1.22 bits per heavy atom. The molecule has 0 heterocycles. The van der Waals surface area contributed by atoms with E-state index in [-0.39, 0.29) is 40.7 Å². The fourth-order valence-electron chi connectivity index (χ4n) is 1.93. The molecular formula is C15H16NaO2+. The van der Waals surface area contributed by atoms with Gasteiger partial charge in [-0.3, -0.25) is 0 Å². The second kappa shape index (κ2) is 5.79. The van der Waals surface area contributed by atoms with Gasteiger partial charge in [-0.1, -0.05) is 38.1 Å². The first kappa shape index (κ1) is 15.1. The van der Waals surface area contributed by atoms with E-state index < -0.39 is 0 Å². The van der Waals surface area contributed by atoms with Crippen LogP contribution < -0.4 is 34.7 Å². The van der Waals surface area contributed by atoms with Crippen molar-refractivity contribution in [2.45, 2.75) is 19.3 Å². The van der Waals surface area contributed by atoms with Gasteiger partial charge in [0.25, 0.3) is 5.75 Å². The van der Waals surface area contributed by atoms with Gasteiger partial charge in [-0.2, -0.15) is 0 Å². The molecule has 2 aromatic rings. The van der Waals surface area contributed by atoms with Crippen molar-refractivity contribution in [2.75, 3.05) is 0 Å². The van der Waals surface area contributed by atoms with Crippen LogP contribution in [0.15, 0.2) is 48.5 Å². The SMILES string of the molecule is CC(C)(c1ccc([O-])cc1)c1ccc([OH2+])cc1.[Na+]. The maximum Gasteiger partial charge on any atom is 1.00 e. The molecule has 18 heavy (non-hydrogen) atoms. The molecule has 0 aliphatic heterocycles. The third-order valence-electron chi connectivity index (χ3n) is 3.18. The Morgan fingerprint density at radius 3 is 1.67 bits per heavy atom.